The highest BCUT2D eigenvalue weighted by atomic mass is 32.1. The molecule has 0 unspecified atom stereocenters. The van der Waals surface area contributed by atoms with Crippen LogP contribution in [0.2, 0.25) is 0 Å². The van der Waals surface area contributed by atoms with Gasteiger partial charge in [0.2, 0.25) is 0 Å². The van der Waals surface area contributed by atoms with Crippen LogP contribution in [0.4, 0.5) is 13.6 Å². The van der Waals surface area contributed by atoms with Gasteiger partial charge in [0.15, 0.2) is 0 Å². The van der Waals surface area contributed by atoms with Gasteiger partial charge >= 0.3 is 6.09 Å². The summed E-state index contributed by atoms with van der Waals surface area (Å²) in [4.78, 5) is 41.7. The van der Waals surface area contributed by atoms with Gasteiger partial charge in [0, 0.05) is 36.6 Å². The van der Waals surface area contributed by atoms with Gasteiger partial charge in [-0.3, -0.25) is 9.59 Å². The summed E-state index contributed by atoms with van der Waals surface area (Å²) in [5, 5.41) is 2.73. The summed E-state index contributed by atoms with van der Waals surface area (Å²) in [5.74, 6) is -2.91. The predicted molar refractivity (Wildman–Crippen MR) is 162 cm³/mol. The number of hydrogen-bond donors (Lipinski definition) is 1. The second kappa shape index (κ2) is 12.1. The molecule has 1 fully saturated rings. The van der Waals surface area contributed by atoms with E-state index in [2.05, 4.69) is 5.32 Å². The highest BCUT2D eigenvalue weighted by Gasteiger charge is 2.47. The molecule has 2 aromatic heterocycles. The molecule has 0 spiro atoms. The monoisotopic (exact) mass is 620 g/mol. The van der Waals surface area contributed by atoms with Crippen LogP contribution >= 0.6 is 11.3 Å². The summed E-state index contributed by atoms with van der Waals surface area (Å²) in [6.07, 6.45) is 0.686. The molecule has 0 radical (unpaired) electrons. The van der Waals surface area contributed by atoms with Crippen molar-refractivity contribution in [1.29, 1.82) is 0 Å². The van der Waals surface area contributed by atoms with Crippen molar-refractivity contribution in [3.05, 3.63) is 45.2 Å². The van der Waals surface area contributed by atoms with Gasteiger partial charge in [0.05, 0.1) is 42.6 Å². The van der Waals surface area contributed by atoms with Crippen LogP contribution in [-0.2, 0) is 18.3 Å². The number of amides is 2. The normalized spacial score (nSPS) is 16.8. The van der Waals surface area contributed by atoms with E-state index in [-0.39, 0.29) is 28.8 Å². The number of pyridine rings is 1. The molecule has 234 valence electrons. The lowest BCUT2D eigenvalue weighted by atomic mass is 10.0. The molecule has 43 heavy (non-hydrogen) atoms. The predicted octanol–water partition coefficient (Wildman–Crippen LogP) is 4.72. The molecular formula is C30H38F2N4O6S. The molecule has 10 nitrogen and oxygen atoms in total. The average molecular weight is 621 g/mol. The molecule has 0 bridgehead atoms. The third-order valence-corrected chi connectivity index (χ3v) is 8.19. The Hall–Kier alpha value is -3.71. The number of nitrogens with one attached hydrogen (secondary N) is 1. The Balaban J connectivity index is 1.66. The number of carbonyl (C=O) groups is 2. The van der Waals surface area contributed by atoms with Gasteiger partial charge in [0.25, 0.3) is 17.4 Å². The van der Waals surface area contributed by atoms with Crippen molar-refractivity contribution in [1.82, 2.24) is 19.7 Å². The van der Waals surface area contributed by atoms with Crippen LogP contribution < -0.4 is 20.3 Å². The Morgan fingerprint density at radius 1 is 1.14 bits per heavy atom. The second-order valence-electron chi connectivity index (χ2n) is 11.9. The number of alkyl halides is 2. The molecule has 0 aliphatic carbocycles. The average Bonchev–Trinajstić information content (AvgIpc) is 3.36. The number of hydrogen-bond acceptors (Lipinski definition) is 8. The minimum absolute atomic E-state index is 0.0000404. The Labute approximate surface area is 253 Å². The standard InChI is InChI=1S/C30H38F2N4O6S/c1-29(2,3)42-28(39)36-10-9-24(30(31,32)16-36)33-26(37)23-13-18-25(43-23)19(15-35(6)27(18)38)17-11-21(40-7)20(14-34(4)5)22(12-17)41-8/h11-13,15,24H,9-10,14,16H2,1-8H3,(H,33,37)/t24-/m0/s1. The van der Waals surface area contributed by atoms with E-state index in [1.807, 2.05) is 31.1 Å². The number of nitrogens with zero attached hydrogens (tertiary/aromatic N) is 3. The third kappa shape index (κ3) is 6.93. The van der Waals surface area contributed by atoms with Gasteiger partial charge in [-0.25, -0.2) is 13.6 Å². The topological polar surface area (TPSA) is 102 Å². The molecule has 1 saturated heterocycles. The molecule has 1 N–H and O–H groups in total. The summed E-state index contributed by atoms with van der Waals surface area (Å²) >= 11 is 1.05. The van der Waals surface area contributed by atoms with E-state index in [1.54, 1.807) is 48.2 Å². The summed E-state index contributed by atoms with van der Waals surface area (Å²) in [7, 11) is 8.60. The van der Waals surface area contributed by atoms with Crippen molar-refractivity contribution >= 4 is 33.4 Å². The minimum Gasteiger partial charge on any atom is -0.496 e. The fraction of sp³-hybridized carbons (Fsp3) is 0.500. The second-order valence-corrected chi connectivity index (χ2v) is 12.9. The number of aromatic nitrogens is 1. The zero-order valence-corrected chi connectivity index (χ0v) is 26.5. The van der Waals surface area contributed by atoms with Crippen LogP contribution in [-0.4, -0.2) is 85.3 Å². The number of rotatable bonds is 7. The fourth-order valence-corrected chi connectivity index (χ4v) is 6.09. The van der Waals surface area contributed by atoms with Crippen LogP contribution in [0.25, 0.3) is 21.2 Å². The summed E-state index contributed by atoms with van der Waals surface area (Å²) in [5.41, 5.74) is 1.06. The minimum atomic E-state index is -3.38. The Morgan fingerprint density at radius 2 is 1.77 bits per heavy atom. The zero-order valence-electron chi connectivity index (χ0n) is 25.7. The molecule has 3 heterocycles. The van der Waals surface area contributed by atoms with Crippen LogP contribution in [0.15, 0.2) is 29.2 Å². The molecule has 13 heteroatoms. The van der Waals surface area contributed by atoms with Crippen molar-refractivity contribution in [3.63, 3.8) is 0 Å². The number of piperidine rings is 1. The first kappa shape index (κ1) is 32.2. The highest BCUT2D eigenvalue weighted by Crippen LogP contribution is 2.40. The Kier molecular flexibility index (Phi) is 9.08. The number of aryl methyl sites for hydroxylation is 1. The van der Waals surface area contributed by atoms with E-state index in [9.17, 15) is 14.4 Å². The van der Waals surface area contributed by atoms with E-state index in [1.165, 1.54) is 10.6 Å². The number of halogens is 2. The number of ether oxygens (including phenoxy) is 3. The quantitative estimate of drug-likeness (QED) is 0.408. The van der Waals surface area contributed by atoms with Gasteiger partial charge < -0.3 is 33.9 Å². The van der Waals surface area contributed by atoms with Crippen molar-refractivity contribution in [3.8, 4) is 22.6 Å². The van der Waals surface area contributed by atoms with Crippen molar-refractivity contribution in [2.45, 2.75) is 51.3 Å². The number of carbonyl (C=O) groups excluding carboxylic acids is 2. The number of likely N-dealkylation sites (tertiary alicyclic amines) is 1. The summed E-state index contributed by atoms with van der Waals surface area (Å²) < 4.78 is 48.7. The van der Waals surface area contributed by atoms with Gasteiger partial charge in [-0.15, -0.1) is 11.3 Å². The lowest BCUT2D eigenvalue weighted by Gasteiger charge is -2.38. The molecule has 1 aromatic carbocycles. The zero-order chi connectivity index (χ0) is 31.9. The smallest absolute Gasteiger partial charge is 0.410 e. The van der Waals surface area contributed by atoms with Crippen LogP contribution in [0.3, 0.4) is 0 Å². The molecule has 1 aliphatic heterocycles. The molecular weight excluding hydrogens is 582 g/mol. The van der Waals surface area contributed by atoms with Gasteiger partial charge in [-0.1, -0.05) is 0 Å². The van der Waals surface area contributed by atoms with Gasteiger partial charge in [-0.05, 0) is 65.0 Å². The van der Waals surface area contributed by atoms with Crippen molar-refractivity contribution < 1.29 is 32.6 Å². The molecule has 3 aromatic rings. The van der Waals surface area contributed by atoms with E-state index >= 15 is 8.78 Å². The molecule has 1 atom stereocenters. The first-order valence-corrected chi connectivity index (χ1v) is 14.6. The van der Waals surface area contributed by atoms with E-state index in [0.29, 0.717) is 33.9 Å². The number of benzene rings is 1. The van der Waals surface area contributed by atoms with Gasteiger partial charge in [0.1, 0.15) is 17.1 Å². The maximum Gasteiger partial charge on any atom is 0.410 e. The first-order chi connectivity index (χ1) is 20.0. The Bertz CT molecular complexity index is 1570. The van der Waals surface area contributed by atoms with Crippen molar-refractivity contribution in [2.75, 3.05) is 41.4 Å². The van der Waals surface area contributed by atoms with Crippen LogP contribution in [0.5, 0.6) is 11.5 Å². The maximum atomic E-state index is 15.1. The SMILES string of the molecule is COc1cc(-c2cn(C)c(=O)c3cc(C(=O)N[C@H]4CCN(C(=O)OC(C)(C)C)CC4(F)F)sc23)cc(OC)c1CN(C)C. The third-order valence-electron chi connectivity index (χ3n) is 7.02. The van der Waals surface area contributed by atoms with E-state index in [4.69, 9.17) is 14.2 Å². The van der Waals surface area contributed by atoms with E-state index < -0.39 is 36.1 Å². The molecule has 1 aliphatic rings. The maximum absolute atomic E-state index is 15.1. The van der Waals surface area contributed by atoms with Crippen LogP contribution in [0.1, 0.15) is 42.4 Å². The lowest BCUT2D eigenvalue weighted by molar-refractivity contribution is -0.0889. The molecule has 2 amide bonds. The fourth-order valence-electron chi connectivity index (χ4n) is 5.01. The first-order valence-electron chi connectivity index (χ1n) is 13.7. The highest BCUT2D eigenvalue weighted by molar-refractivity contribution is 7.21. The van der Waals surface area contributed by atoms with Crippen molar-refractivity contribution in [2.24, 2.45) is 7.05 Å². The molecule has 4 rings (SSSR count). The number of thiophene rings is 1. The van der Waals surface area contributed by atoms with E-state index in [0.717, 1.165) is 21.8 Å². The lowest BCUT2D eigenvalue weighted by Crippen LogP contribution is -2.59. The number of fused-ring (bicyclic) bond motifs is 1. The number of methoxy groups -OCH3 is 2. The van der Waals surface area contributed by atoms with Crippen LogP contribution in [0, 0.1) is 0 Å². The molecule has 0 saturated carbocycles. The largest absolute Gasteiger partial charge is 0.496 e. The van der Waals surface area contributed by atoms with Gasteiger partial charge in [-0.2, -0.15) is 0 Å². The Morgan fingerprint density at radius 3 is 2.30 bits per heavy atom. The summed E-state index contributed by atoms with van der Waals surface area (Å²) in [6.45, 7) is 4.67. The summed E-state index contributed by atoms with van der Waals surface area (Å²) in [6, 6.07) is 3.63.